The van der Waals surface area contributed by atoms with Gasteiger partial charge < -0.3 is 15.2 Å². The van der Waals surface area contributed by atoms with Crippen LogP contribution in [0.5, 0.6) is 0 Å². The smallest absolute Gasteiger partial charge is 0.306 e. The minimum atomic E-state index is -0.265. The molecule has 0 saturated carbocycles. The van der Waals surface area contributed by atoms with E-state index in [0.29, 0.717) is 13.0 Å². The standard InChI is InChI=1S/C6H11NO3/c1-9-5(8)2-4-3-10-6(4)7/h4,6H,2-3,7H2,1H3. The number of ether oxygens (including phenoxy) is 2. The maximum Gasteiger partial charge on any atom is 0.306 e. The van der Waals surface area contributed by atoms with Crippen LogP contribution in [0.4, 0.5) is 0 Å². The lowest BCUT2D eigenvalue weighted by atomic mass is 10.0. The van der Waals surface area contributed by atoms with Crippen molar-refractivity contribution < 1.29 is 14.3 Å². The summed E-state index contributed by atoms with van der Waals surface area (Å²) >= 11 is 0. The summed E-state index contributed by atoms with van der Waals surface area (Å²) in [6.45, 7) is 0.580. The van der Waals surface area contributed by atoms with Crippen LogP contribution in [0, 0.1) is 5.92 Å². The first-order chi connectivity index (χ1) is 4.74. The van der Waals surface area contributed by atoms with Gasteiger partial charge in [-0.25, -0.2) is 0 Å². The Balaban J connectivity index is 2.19. The fourth-order valence-corrected chi connectivity index (χ4v) is 0.816. The van der Waals surface area contributed by atoms with E-state index < -0.39 is 0 Å². The average molecular weight is 145 g/mol. The molecule has 0 aromatic heterocycles. The highest BCUT2D eigenvalue weighted by atomic mass is 16.5. The highest BCUT2D eigenvalue weighted by molar-refractivity contribution is 5.69. The van der Waals surface area contributed by atoms with E-state index in [4.69, 9.17) is 10.5 Å². The third kappa shape index (κ3) is 1.46. The molecule has 1 heterocycles. The molecule has 0 aromatic rings. The quantitative estimate of drug-likeness (QED) is 0.531. The molecule has 0 spiro atoms. The zero-order valence-corrected chi connectivity index (χ0v) is 5.87. The first-order valence-corrected chi connectivity index (χ1v) is 3.18. The van der Waals surface area contributed by atoms with Gasteiger partial charge in [0.05, 0.1) is 20.1 Å². The molecule has 58 valence electrons. The fraction of sp³-hybridized carbons (Fsp3) is 0.833. The lowest BCUT2D eigenvalue weighted by Gasteiger charge is -2.32. The number of nitrogens with two attached hydrogens (primary N) is 1. The number of carbonyl (C=O) groups excluding carboxylic acids is 1. The van der Waals surface area contributed by atoms with Crippen LogP contribution < -0.4 is 5.73 Å². The maximum absolute atomic E-state index is 10.6. The zero-order chi connectivity index (χ0) is 7.56. The van der Waals surface area contributed by atoms with E-state index in [0.717, 1.165) is 0 Å². The largest absolute Gasteiger partial charge is 0.469 e. The Morgan fingerprint density at radius 2 is 2.60 bits per heavy atom. The zero-order valence-electron chi connectivity index (χ0n) is 5.87. The van der Waals surface area contributed by atoms with Gasteiger partial charge in [-0.1, -0.05) is 0 Å². The molecule has 4 heteroatoms. The first kappa shape index (κ1) is 7.50. The number of methoxy groups -OCH3 is 1. The molecule has 0 radical (unpaired) electrons. The Bertz CT molecular complexity index is 137. The summed E-state index contributed by atoms with van der Waals surface area (Å²) in [4.78, 5) is 10.6. The minimum Gasteiger partial charge on any atom is -0.469 e. The molecule has 4 nitrogen and oxygen atoms in total. The van der Waals surface area contributed by atoms with Crippen LogP contribution in [0.25, 0.3) is 0 Å². The molecule has 0 amide bonds. The molecule has 1 rings (SSSR count). The molecule has 2 N–H and O–H groups in total. The van der Waals surface area contributed by atoms with Gasteiger partial charge >= 0.3 is 5.97 Å². The predicted octanol–water partition coefficient (Wildman–Crippen LogP) is -0.519. The van der Waals surface area contributed by atoms with Crippen molar-refractivity contribution in [3.05, 3.63) is 0 Å². The van der Waals surface area contributed by atoms with Crippen LogP contribution in [-0.4, -0.2) is 25.9 Å². The summed E-state index contributed by atoms with van der Waals surface area (Å²) in [5.41, 5.74) is 5.40. The Morgan fingerprint density at radius 3 is 2.90 bits per heavy atom. The van der Waals surface area contributed by atoms with E-state index in [1.807, 2.05) is 0 Å². The van der Waals surface area contributed by atoms with E-state index in [1.165, 1.54) is 7.11 Å². The van der Waals surface area contributed by atoms with Crippen LogP contribution in [0.1, 0.15) is 6.42 Å². The van der Waals surface area contributed by atoms with Gasteiger partial charge in [-0.2, -0.15) is 0 Å². The number of carbonyl (C=O) groups is 1. The fourth-order valence-electron chi connectivity index (χ4n) is 0.816. The molecule has 1 aliphatic rings. The Kier molecular flexibility index (Phi) is 2.24. The molecule has 10 heavy (non-hydrogen) atoms. The first-order valence-electron chi connectivity index (χ1n) is 3.18. The van der Waals surface area contributed by atoms with Gasteiger partial charge in [-0.15, -0.1) is 0 Å². The number of hydrogen-bond acceptors (Lipinski definition) is 4. The van der Waals surface area contributed by atoms with Gasteiger partial charge in [0.15, 0.2) is 0 Å². The minimum absolute atomic E-state index is 0.160. The third-order valence-corrected chi connectivity index (χ3v) is 1.62. The van der Waals surface area contributed by atoms with Crippen LogP contribution in [0.2, 0.25) is 0 Å². The molecule has 0 aromatic carbocycles. The van der Waals surface area contributed by atoms with Crippen LogP contribution in [0.15, 0.2) is 0 Å². The second-order valence-electron chi connectivity index (χ2n) is 2.34. The summed E-state index contributed by atoms with van der Waals surface area (Å²) in [6, 6.07) is 0. The van der Waals surface area contributed by atoms with E-state index in [1.54, 1.807) is 0 Å². The van der Waals surface area contributed by atoms with Crippen molar-refractivity contribution in [2.75, 3.05) is 13.7 Å². The van der Waals surface area contributed by atoms with E-state index in [9.17, 15) is 4.79 Å². The van der Waals surface area contributed by atoms with Crippen molar-refractivity contribution in [3.8, 4) is 0 Å². The van der Waals surface area contributed by atoms with Gasteiger partial charge in [0, 0.05) is 5.92 Å². The maximum atomic E-state index is 10.6. The Hall–Kier alpha value is -0.610. The Morgan fingerprint density at radius 1 is 1.90 bits per heavy atom. The highest BCUT2D eigenvalue weighted by Gasteiger charge is 2.30. The van der Waals surface area contributed by atoms with Crippen molar-refractivity contribution in [1.82, 2.24) is 0 Å². The molecule has 1 aliphatic heterocycles. The Labute approximate surface area is 59.3 Å². The van der Waals surface area contributed by atoms with Gasteiger partial charge in [0.1, 0.15) is 6.23 Å². The van der Waals surface area contributed by atoms with Crippen LogP contribution in [-0.2, 0) is 14.3 Å². The van der Waals surface area contributed by atoms with E-state index >= 15 is 0 Å². The highest BCUT2D eigenvalue weighted by Crippen LogP contribution is 2.19. The molecule has 2 atom stereocenters. The summed E-state index contributed by atoms with van der Waals surface area (Å²) in [6.07, 6.45) is 0.108. The van der Waals surface area contributed by atoms with Gasteiger partial charge in [-0.3, -0.25) is 4.79 Å². The van der Waals surface area contributed by atoms with Gasteiger partial charge in [-0.05, 0) is 0 Å². The summed E-state index contributed by atoms with van der Waals surface area (Å²) < 4.78 is 9.31. The molecule has 1 saturated heterocycles. The normalized spacial score (nSPS) is 31.0. The van der Waals surface area contributed by atoms with Crippen molar-refractivity contribution in [2.24, 2.45) is 11.7 Å². The van der Waals surface area contributed by atoms with E-state index in [-0.39, 0.29) is 18.1 Å². The van der Waals surface area contributed by atoms with E-state index in [2.05, 4.69) is 4.74 Å². The molecular formula is C6H11NO3. The van der Waals surface area contributed by atoms with Crippen molar-refractivity contribution >= 4 is 5.97 Å². The molecule has 1 fully saturated rings. The van der Waals surface area contributed by atoms with Gasteiger partial charge in [0.25, 0.3) is 0 Å². The summed E-state index contributed by atoms with van der Waals surface area (Å²) in [5.74, 6) is -0.0591. The molecule has 0 aliphatic carbocycles. The molecular weight excluding hydrogens is 134 g/mol. The second-order valence-corrected chi connectivity index (χ2v) is 2.34. The molecule has 0 bridgehead atoms. The SMILES string of the molecule is COC(=O)CC1COC1N. The number of rotatable bonds is 2. The van der Waals surface area contributed by atoms with Crippen LogP contribution >= 0.6 is 0 Å². The molecule has 2 unspecified atom stereocenters. The average Bonchev–Trinajstić information content (AvgIpc) is 1.96. The van der Waals surface area contributed by atoms with Crippen molar-refractivity contribution in [3.63, 3.8) is 0 Å². The predicted molar refractivity (Wildman–Crippen MR) is 34.1 cm³/mol. The summed E-state index contributed by atoms with van der Waals surface area (Å²) in [5, 5.41) is 0. The number of esters is 1. The van der Waals surface area contributed by atoms with Crippen LogP contribution in [0.3, 0.4) is 0 Å². The summed E-state index contributed by atoms with van der Waals surface area (Å²) in [7, 11) is 1.37. The lowest BCUT2D eigenvalue weighted by molar-refractivity contribution is -0.154. The topological polar surface area (TPSA) is 61.5 Å². The second kappa shape index (κ2) is 2.98. The third-order valence-electron chi connectivity index (χ3n) is 1.62. The monoisotopic (exact) mass is 145 g/mol. The van der Waals surface area contributed by atoms with Crippen molar-refractivity contribution in [2.45, 2.75) is 12.6 Å². The number of hydrogen-bond donors (Lipinski definition) is 1. The lowest BCUT2D eigenvalue weighted by Crippen LogP contribution is -2.47. The van der Waals surface area contributed by atoms with Crippen molar-refractivity contribution in [1.29, 1.82) is 0 Å². The van der Waals surface area contributed by atoms with Gasteiger partial charge in [0.2, 0.25) is 0 Å².